The lowest BCUT2D eigenvalue weighted by Crippen LogP contribution is -2.17. The number of hydrogen-bond donors (Lipinski definition) is 2. The first-order chi connectivity index (χ1) is 6.76. The van der Waals surface area contributed by atoms with E-state index < -0.39 is 0 Å². The second-order valence-electron chi connectivity index (χ2n) is 2.91. The van der Waals surface area contributed by atoms with Gasteiger partial charge in [0.25, 0.3) is 0 Å². The molecule has 0 aliphatic heterocycles. The van der Waals surface area contributed by atoms with Gasteiger partial charge < -0.3 is 10.4 Å². The molecule has 78 valence electrons. The number of aromatic nitrogens is 3. The summed E-state index contributed by atoms with van der Waals surface area (Å²) in [5.41, 5.74) is 0.546. The molecule has 0 saturated heterocycles. The van der Waals surface area contributed by atoms with Gasteiger partial charge in [-0.3, -0.25) is 9.48 Å². The van der Waals surface area contributed by atoms with Crippen molar-refractivity contribution in [3.63, 3.8) is 0 Å². The molecule has 0 fully saturated rings. The molecular weight excluding hydrogens is 184 g/mol. The lowest BCUT2D eigenvalue weighted by Gasteiger charge is -1.99. The number of nitrogens with zero attached hydrogens (tertiary/aromatic N) is 3. The number of aliphatic hydroxyl groups is 1. The zero-order valence-electron chi connectivity index (χ0n) is 8.10. The lowest BCUT2D eigenvalue weighted by molar-refractivity contribution is -0.120. The van der Waals surface area contributed by atoms with Crippen molar-refractivity contribution in [1.29, 1.82) is 0 Å². The van der Waals surface area contributed by atoms with Gasteiger partial charge in [0.15, 0.2) is 0 Å². The zero-order chi connectivity index (χ0) is 10.4. The summed E-state index contributed by atoms with van der Waals surface area (Å²) in [6, 6.07) is 0. The Morgan fingerprint density at radius 2 is 2.50 bits per heavy atom. The van der Waals surface area contributed by atoms with Gasteiger partial charge in [-0.05, 0) is 6.42 Å². The van der Waals surface area contributed by atoms with Gasteiger partial charge in [0.1, 0.15) is 5.69 Å². The molecule has 0 radical (unpaired) electrons. The van der Waals surface area contributed by atoms with E-state index in [9.17, 15) is 4.79 Å². The van der Waals surface area contributed by atoms with Crippen molar-refractivity contribution in [3.8, 4) is 0 Å². The maximum absolute atomic E-state index is 10.9. The highest BCUT2D eigenvalue weighted by Gasteiger charge is 2.00. The minimum Gasteiger partial charge on any atom is -0.390 e. The van der Waals surface area contributed by atoms with Crippen molar-refractivity contribution >= 4 is 5.91 Å². The second-order valence-corrected chi connectivity index (χ2v) is 2.91. The van der Waals surface area contributed by atoms with E-state index in [4.69, 9.17) is 5.11 Å². The molecule has 2 N–H and O–H groups in total. The standard InChI is InChI=1S/C8H14N4O2/c1-9-8(14)3-2-4-12-5-7(6-13)10-11-12/h5,13H,2-4,6H2,1H3,(H,9,14). The van der Waals surface area contributed by atoms with Crippen LogP contribution in [0.1, 0.15) is 18.5 Å². The van der Waals surface area contributed by atoms with Gasteiger partial charge in [0.2, 0.25) is 5.91 Å². The summed E-state index contributed by atoms with van der Waals surface area (Å²) >= 11 is 0. The molecule has 1 rings (SSSR count). The topological polar surface area (TPSA) is 80.0 Å². The third-order valence-electron chi connectivity index (χ3n) is 1.82. The van der Waals surface area contributed by atoms with E-state index in [1.807, 2.05) is 0 Å². The van der Waals surface area contributed by atoms with Crippen LogP contribution in [0, 0.1) is 0 Å². The summed E-state index contributed by atoms with van der Waals surface area (Å²) in [6.45, 7) is 0.538. The maximum Gasteiger partial charge on any atom is 0.219 e. The Balaban J connectivity index is 2.27. The third-order valence-corrected chi connectivity index (χ3v) is 1.82. The summed E-state index contributed by atoms with van der Waals surface area (Å²) in [5.74, 6) is 0.0208. The molecule has 0 aliphatic rings. The van der Waals surface area contributed by atoms with Gasteiger partial charge in [-0.2, -0.15) is 0 Å². The minimum atomic E-state index is -0.102. The summed E-state index contributed by atoms with van der Waals surface area (Å²) in [4.78, 5) is 10.9. The first-order valence-electron chi connectivity index (χ1n) is 4.46. The Morgan fingerprint density at radius 3 is 3.07 bits per heavy atom. The Kier molecular flexibility index (Phi) is 4.06. The van der Waals surface area contributed by atoms with Crippen LogP contribution in [-0.2, 0) is 17.9 Å². The fraction of sp³-hybridized carbons (Fsp3) is 0.625. The maximum atomic E-state index is 10.9. The molecule has 14 heavy (non-hydrogen) atoms. The van der Waals surface area contributed by atoms with Crippen molar-refractivity contribution in [2.24, 2.45) is 0 Å². The van der Waals surface area contributed by atoms with Gasteiger partial charge in [0, 0.05) is 20.0 Å². The summed E-state index contributed by atoms with van der Waals surface area (Å²) in [6.07, 6.45) is 2.86. The van der Waals surface area contributed by atoms with Crippen molar-refractivity contribution in [1.82, 2.24) is 20.3 Å². The number of nitrogens with one attached hydrogen (secondary N) is 1. The zero-order valence-corrected chi connectivity index (χ0v) is 8.10. The normalized spacial score (nSPS) is 10.1. The summed E-state index contributed by atoms with van der Waals surface area (Å²) in [5, 5.41) is 18.8. The molecule has 1 aromatic heterocycles. The second kappa shape index (κ2) is 5.33. The fourth-order valence-corrected chi connectivity index (χ4v) is 1.05. The van der Waals surface area contributed by atoms with Crippen LogP contribution in [0.25, 0.3) is 0 Å². The molecule has 1 aromatic rings. The van der Waals surface area contributed by atoms with Crippen LogP contribution in [0.3, 0.4) is 0 Å². The van der Waals surface area contributed by atoms with E-state index in [2.05, 4.69) is 15.6 Å². The van der Waals surface area contributed by atoms with E-state index in [0.717, 1.165) is 0 Å². The van der Waals surface area contributed by atoms with Gasteiger partial charge in [0.05, 0.1) is 12.8 Å². The average molecular weight is 198 g/mol. The van der Waals surface area contributed by atoms with Crippen LogP contribution < -0.4 is 5.32 Å². The Bertz CT molecular complexity index is 297. The van der Waals surface area contributed by atoms with Crippen LogP contribution in [0.4, 0.5) is 0 Å². The molecule has 0 bridgehead atoms. The highest BCUT2D eigenvalue weighted by molar-refractivity contribution is 5.75. The van der Waals surface area contributed by atoms with Crippen LogP contribution in [0.15, 0.2) is 6.20 Å². The molecule has 6 nitrogen and oxygen atoms in total. The number of hydrogen-bond acceptors (Lipinski definition) is 4. The molecule has 0 atom stereocenters. The van der Waals surface area contributed by atoms with Crippen LogP contribution in [0.5, 0.6) is 0 Å². The van der Waals surface area contributed by atoms with E-state index in [-0.39, 0.29) is 12.5 Å². The predicted molar refractivity (Wildman–Crippen MR) is 49.2 cm³/mol. The van der Waals surface area contributed by atoms with Crippen LogP contribution >= 0.6 is 0 Å². The number of rotatable bonds is 5. The van der Waals surface area contributed by atoms with Crippen LogP contribution in [0.2, 0.25) is 0 Å². The lowest BCUT2D eigenvalue weighted by atomic mass is 10.3. The smallest absolute Gasteiger partial charge is 0.219 e. The highest BCUT2D eigenvalue weighted by atomic mass is 16.3. The first kappa shape index (κ1) is 10.6. The SMILES string of the molecule is CNC(=O)CCCn1cc(CO)nn1. The largest absolute Gasteiger partial charge is 0.390 e. The van der Waals surface area contributed by atoms with E-state index in [1.54, 1.807) is 17.9 Å². The van der Waals surface area contributed by atoms with Crippen molar-refractivity contribution in [3.05, 3.63) is 11.9 Å². The summed E-state index contributed by atoms with van der Waals surface area (Å²) in [7, 11) is 1.61. The summed E-state index contributed by atoms with van der Waals surface area (Å²) < 4.78 is 1.62. The van der Waals surface area contributed by atoms with Gasteiger partial charge in [-0.25, -0.2) is 0 Å². The number of amides is 1. The van der Waals surface area contributed by atoms with Crippen molar-refractivity contribution in [2.45, 2.75) is 26.0 Å². The molecule has 6 heteroatoms. The van der Waals surface area contributed by atoms with E-state index in [0.29, 0.717) is 25.1 Å². The highest BCUT2D eigenvalue weighted by Crippen LogP contribution is 1.96. The van der Waals surface area contributed by atoms with Gasteiger partial charge in [-0.15, -0.1) is 5.10 Å². The molecular formula is C8H14N4O2. The van der Waals surface area contributed by atoms with Crippen molar-refractivity contribution < 1.29 is 9.90 Å². The monoisotopic (exact) mass is 198 g/mol. The van der Waals surface area contributed by atoms with Crippen LogP contribution in [-0.4, -0.2) is 33.1 Å². The molecule has 0 saturated carbocycles. The number of carbonyl (C=O) groups is 1. The Labute approximate surface area is 81.9 Å². The molecule has 0 aromatic carbocycles. The fourth-order valence-electron chi connectivity index (χ4n) is 1.05. The molecule has 0 aliphatic carbocycles. The molecule has 1 heterocycles. The molecule has 1 amide bonds. The number of aliphatic hydroxyl groups excluding tert-OH is 1. The number of aryl methyl sites for hydroxylation is 1. The quantitative estimate of drug-likeness (QED) is 0.655. The van der Waals surface area contributed by atoms with E-state index in [1.165, 1.54) is 0 Å². The predicted octanol–water partition coefficient (Wildman–Crippen LogP) is -0.703. The van der Waals surface area contributed by atoms with Gasteiger partial charge >= 0.3 is 0 Å². The van der Waals surface area contributed by atoms with Gasteiger partial charge in [-0.1, -0.05) is 5.21 Å². The minimum absolute atomic E-state index is 0.0208. The Morgan fingerprint density at radius 1 is 1.71 bits per heavy atom. The Hall–Kier alpha value is -1.43. The third kappa shape index (κ3) is 3.14. The molecule has 0 unspecified atom stereocenters. The van der Waals surface area contributed by atoms with Crippen molar-refractivity contribution in [2.75, 3.05) is 7.05 Å². The first-order valence-corrected chi connectivity index (χ1v) is 4.46. The van der Waals surface area contributed by atoms with E-state index >= 15 is 0 Å². The average Bonchev–Trinajstić information content (AvgIpc) is 2.65. The number of carbonyl (C=O) groups excluding carboxylic acids is 1. The molecule has 0 spiro atoms.